The van der Waals surface area contributed by atoms with Crippen LogP contribution in [-0.2, 0) is 6.18 Å². The third-order valence-corrected chi connectivity index (χ3v) is 4.37. The zero-order chi connectivity index (χ0) is 21.1. The molecule has 3 nitrogen and oxygen atoms in total. The standard InChI is InChI=1S/C21H25F3N2OS/c1-13-11-17(27-16-9-7-15(8-10-16)21(22,23)24)12-14(2)18(13)25-19(28-6)26-20(3,4)5/h7-12H,1-6H3,(H,25,26). The lowest BCUT2D eigenvalue weighted by molar-refractivity contribution is -0.137. The summed E-state index contributed by atoms with van der Waals surface area (Å²) in [4.78, 5) is 4.67. The number of amidine groups is 1. The van der Waals surface area contributed by atoms with E-state index < -0.39 is 11.7 Å². The van der Waals surface area contributed by atoms with Crippen molar-refractivity contribution in [3.63, 3.8) is 0 Å². The molecule has 0 atom stereocenters. The van der Waals surface area contributed by atoms with Crippen LogP contribution in [0.4, 0.5) is 18.9 Å². The van der Waals surface area contributed by atoms with Gasteiger partial charge in [-0.2, -0.15) is 13.2 Å². The topological polar surface area (TPSA) is 33.6 Å². The van der Waals surface area contributed by atoms with Crippen LogP contribution in [0, 0.1) is 13.8 Å². The highest BCUT2D eigenvalue weighted by Gasteiger charge is 2.30. The summed E-state index contributed by atoms with van der Waals surface area (Å²) in [6.45, 7) is 10.00. The van der Waals surface area contributed by atoms with E-state index in [-0.39, 0.29) is 5.54 Å². The second-order valence-corrected chi connectivity index (χ2v) is 8.27. The minimum Gasteiger partial charge on any atom is -0.457 e. The maximum atomic E-state index is 12.7. The average molecular weight is 411 g/mol. The molecule has 0 aromatic heterocycles. The van der Waals surface area contributed by atoms with E-state index in [0.29, 0.717) is 11.5 Å². The fraction of sp³-hybridized carbons (Fsp3) is 0.381. The number of alkyl halides is 3. The number of aliphatic imine (C=N–C) groups is 1. The van der Waals surface area contributed by atoms with E-state index in [1.807, 2.05) is 53.0 Å². The molecule has 1 N–H and O–H groups in total. The van der Waals surface area contributed by atoms with Gasteiger partial charge in [-0.1, -0.05) is 11.8 Å². The predicted molar refractivity (Wildman–Crippen MR) is 112 cm³/mol. The third kappa shape index (κ3) is 6.19. The van der Waals surface area contributed by atoms with E-state index >= 15 is 0 Å². The Morgan fingerprint density at radius 1 is 0.964 bits per heavy atom. The van der Waals surface area contributed by atoms with Gasteiger partial charge < -0.3 is 10.1 Å². The molecule has 0 heterocycles. The minimum absolute atomic E-state index is 0.196. The second kappa shape index (κ2) is 8.47. The Bertz CT molecular complexity index is 830. The molecular formula is C21H25F3N2OS. The van der Waals surface area contributed by atoms with Gasteiger partial charge in [0.2, 0.25) is 0 Å². The monoisotopic (exact) mass is 410 g/mol. The zero-order valence-corrected chi connectivity index (χ0v) is 17.7. The number of nitrogens with one attached hydrogen (secondary N) is 1. The molecule has 0 spiro atoms. The van der Waals surface area contributed by atoms with E-state index in [1.54, 1.807) is 0 Å². The van der Waals surface area contributed by atoms with Crippen LogP contribution in [0.1, 0.15) is 37.5 Å². The number of thioether (sulfide) groups is 1. The van der Waals surface area contributed by atoms with Gasteiger partial charge in [-0.05, 0) is 88.4 Å². The number of rotatable bonds is 3. The van der Waals surface area contributed by atoms with Crippen molar-refractivity contribution >= 4 is 22.6 Å². The lowest BCUT2D eigenvalue weighted by Crippen LogP contribution is -2.18. The third-order valence-electron chi connectivity index (χ3n) is 3.79. The summed E-state index contributed by atoms with van der Waals surface area (Å²) in [6, 6.07) is 8.37. The molecule has 0 bridgehead atoms. The molecule has 28 heavy (non-hydrogen) atoms. The average Bonchev–Trinajstić information content (AvgIpc) is 2.55. The maximum Gasteiger partial charge on any atom is 0.416 e. The van der Waals surface area contributed by atoms with E-state index in [2.05, 4.69) is 10.3 Å². The minimum atomic E-state index is -4.36. The summed E-state index contributed by atoms with van der Waals surface area (Å²) in [5, 5.41) is 4.18. The van der Waals surface area contributed by atoms with Gasteiger partial charge in [0.25, 0.3) is 0 Å². The smallest absolute Gasteiger partial charge is 0.416 e. The van der Waals surface area contributed by atoms with Gasteiger partial charge in [-0.15, -0.1) is 0 Å². The summed E-state index contributed by atoms with van der Waals surface area (Å²) in [5.74, 6) is 0.922. The largest absolute Gasteiger partial charge is 0.457 e. The quantitative estimate of drug-likeness (QED) is 0.435. The van der Waals surface area contributed by atoms with Gasteiger partial charge in [0.1, 0.15) is 11.5 Å². The van der Waals surface area contributed by atoms with Crippen molar-refractivity contribution < 1.29 is 17.9 Å². The molecule has 2 aromatic rings. The Morgan fingerprint density at radius 2 is 1.50 bits per heavy atom. The molecular weight excluding hydrogens is 385 g/mol. The number of ether oxygens (including phenoxy) is 1. The highest BCUT2D eigenvalue weighted by molar-refractivity contribution is 8.13. The van der Waals surface area contributed by atoms with Crippen LogP contribution in [0.2, 0.25) is 0 Å². The molecule has 0 aliphatic rings. The normalized spacial score (nSPS) is 12.8. The van der Waals surface area contributed by atoms with Crippen LogP contribution in [-0.4, -0.2) is 17.0 Å². The first-order chi connectivity index (χ1) is 12.9. The molecule has 2 rings (SSSR count). The summed E-state index contributed by atoms with van der Waals surface area (Å²) >= 11 is 1.53. The number of nitrogens with zero attached hydrogens (tertiary/aromatic N) is 1. The van der Waals surface area contributed by atoms with Crippen molar-refractivity contribution in [3.05, 3.63) is 53.1 Å². The summed E-state index contributed by atoms with van der Waals surface area (Å²) in [5.41, 5.74) is 1.96. The van der Waals surface area contributed by atoms with Crippen LogP contribution in [0.5, 0.6) is 11.5 Å². The van der Waals surface area contributed by atoms with Crippen molar-refractivity contribution in [2.75, 3.05) is 11.6 Å². The van der Waals surface area contributed by atoms with Crippen molar-refractivity contribution in [1.29, 1.82) is 0 Å². The molecule has 152 valence electrons. The molecule has 2 aromatic carbocycles. The molecule has 0 fully saturated rings. The molecule has 0 radical (unpaired) electrons. The fourth-order valence-electron chi connectivity index (χ4n) is 2.56. The lowest BCUT2D eigenvalue weighted by Gasteiger charge is -2.19. The first kappa shape index (κ1) is 22.1. The predicted octanol–water partition coefficient (Wildman–Crippen LogP) is 7.04. The Kier molecular flexibility index (Phi) is 6.70. The first-order valence-corrected chi connectivity index (χ1v) is 9.99. The first-order valence-electron chi connectivity index (χ1n) is 8.76. The summed E-state index contributed by atoms with van der Waals surface area (Å²) in [7, 11) is 0. The lowest BCUT2D eigenvalue weighted by atomic mass is 10.1. The molecule has 0 aliphatic heterocycles. The number of halogens is 3. The van der Waals surface area contributed by atoms with Crippen molar-refractivity contribution in [3.8, 4) is 11.5 Å². The SMILES string of the molecule is CSC(=NC(C)(C)C)Nc1c(C)cc(Oc2ccc(C(F)(F)F)cc2)cc1C. The van der Waals surface area contributed by atoms with Crippen LogP contribution < -0.4 is 10.1 Å². The van der Waals surface area contributed by atoms with Gasteiger partial charge >= 0.3 is 6.18 Å². The molecule has 0 aliphatic carbocycles. The van der Waals surface area contributed by atoms with Crippen LogP contribution in [0.25, 0.3) is 0 Å². The summed E-state index contributed by atoms with van der Waals surface area (Å²) < 4.78 is 43.8. The van der Waals surface area contributed by atoms with Crippen LogP contribution in [0.3, 0.4) is 0 Å². The van der Waals surface area contributed by atoms with E-state index in [0.717, 1.165) is 34.1 Å². The molecule has 0 saturated carbocycles. The number of hydrogen-bond donors (Lipinski definition) is 1. The van der Waals surface area contributed by atoms with Gasteiger partial charge in [-0.3, -0.25) is 4.99 Å². The number of hydrogen-bond acceptors (Lipinski definition) is 3. The Hall–Kier alpha value is -2.15. The van der Waals surface area contributed by atoms with Gasteiger partial charge in [0.15, 0.2) is 5.17 Å². The molecule has 0 amide bonds. The Labute approximate surface area is 168 Å². The van der Waals surface area contributed by atoms with E-state index in [9.17, 15) is 13.2 Å². The highest BCUT2D eigenvalue weighted by Crippen LogP contribution is 2.33. The molecule has 7 heteroatoms. The highest BCUT2D eigenvalue weighted by atomic mass is 32.2. The molecule has 0 saturated heterocycles. The van der Waals surface area contributed by atoms with Crippen molar-refractivity contribution in [2.45, 2.75) is 46.3 Å². The number of aryl methyl sites for hydroxylation is 2. The summed E-state index contributed by atoms with van der Waals surface area (Å²) in [6.07, 6.45) is -2.40. The maximum absolute atomic E-state index is 12.7. The van der Waals surface area contributed by atoms with Crippen LogP contribution in [0.15, 0.2) is 41.4 Å². The fourth-order valence-corrected chi connectivity index (χ4v) is 3.13. The number of anilines is 1. The van der Waals surface area contributed by atoms with Gasteiger partial charge in [0, 0.05) is 5.69 Å². The zero-order valence-electron chi connectivity index (χ0n) is 16.9. The van der Waals surface area contributed by atoms with E-state index in [4.69, 9.17) is 4.74 Å². The Morgan fingerprint density at radius 3 is 1.93 bits per heavy atom. The molecule has 0 unspecified atom stereocenters. The second-order valence-electron chi connectivity index (χ2n) is 7.47. The Balaban J connectivity index is 2.23. The van der Waals surface area contributed by atoms with Crippen LogP contribution >= 0.6 is 11.8 Å². The van der Waals surface area contributed by atoms with Crippen molar-refractivity contribution in [2.24, 2.45) is 4.99 Å². The van der Waals surface area contributed by atoms with Gasteiger partial charge in [-0.25, -0.2) is 0 Å². The number of benzene rings is 2. The van der Waals surface area contributed by atoms with E-state index in [1.165, 1.54) is 23.9 Å². The van der Waals surface area contributed by atoms with Crippen molar-refractivity contribution in [1.82, 2.24) is 0 Å². The van der Waals surface area contributed by atoms with Gasteiger partial charge in [0.05, 0.1) is 11.1 Å².